The van der Waals surface area contributed by atoms with E-state index in [0.717, 1.165) is 13.0 Å². The molecule has 1 aromatic rings. The minimum Gasteiger partial charge on any atom is -0.469 e. The van der Waals surface area contributed by atoms with Crippen LogP contribution >= 0.6 is 0 Å². The van der Waals surface area contributed by atoms with Gasteiger partial charge in [-0.05, 0) is 6.42 Å². The predicted molar refractivity (Wildman–Crippen MR) is 71.9 cm³/mol. The molecule has 1 rings (SSSR count). The Morgan fingerprint density at radius 2 is 2.10 bits per heavy atom. The molecule has 7 nitrogen and oxygen atoms in total. The molecule has 0 radical (unpaired) electrons. The molecule has 0 aliphatic rings. The molecule has 0 fully saturated rings. The Hall–Kier alpha value is -1.89. The number of imidazole rings is 1. The van der Waals surface area contributed by atoms with E-state index < -0.39 is 0 Å². The van der Waals surface area contributed by atoms with E-state index in [1.807, 2.05) is 10.8 Å². The monoisotopic (exact) mass is 283 g/mol. The summed E-state index contributed by atoms with van der Waals surface area (Å²) in [5.74, 6) is -0.447. The third kappa shape index (κ3) is 5.83. The van der Waals surface area contributed by atoms with E-state index in [2.05, 4.69) is 9.72 Å². The number of amides is 1. The molecule has 20 heavy (non-hydrogen) atoms. The van der Waals surface area contributed by atoms with Gasteiger partial charge in [0.25, 0.3) is 0 Å². The van der Waals surface area contributed by atoms with Crippen LogP contribution in [0.2, 0.25) is 0 Å². The fourth-order valence-corrected chi connectivity index (χ4v) is 1.77. The van der Waals surface area contributed by atoms with Gasteiger partial charge >= 0.3 is 5.97 Å². The number of hydrogen-bond acceptors (Lipinski definition) is 5. The maximum absolute atomic E-state index is 11.9. The number of methoxy groups -OCH3 is 2. The summed E-state index contributed by atoms with van der Waals surface area (Å²) >= 11 is 0. The molecule has 0 bridgehead atoms. The molecule has 1 aromatic heterocycles. The number of ether oxygens (including phenoxy) is 2. The van der Waals surface area contributed by atoms with Crippen molar-refractivity contribution in [2.75, 3.05) is 33.9 Å². The van der Waals surface area contributed by atoms with Crippen molar-refractivity contribution >= 4 is 11.9 Å². The summed E-state index contributed by atoms with van der Waals surface area (Å²) in [4.78, 5) is 28.6. The highest BCUT2D eigenvalue weighted by atomic mass is 16.5. The van der Waals surface area contributed by atoms with Crippen LogP contribution in [-0.4, -0.2) is 60.2 Å². The molecule has 0 saturated carbocycles. The quantitative estimate of drug-likeness (QED) is 0.610. The van der Waals surface area contributed by atoms with E-state index in [1.54, 1.807) is 17.4 Å². The average Bonchev–Trinajstić information content (AvgIpc) is 2.95. The first kappa shape index (κ1) is 16.2. The van der Waals surface area contributed by atoms with Crippen molar-refractivity contribution in [3.8, 4) is 0 Å². The number of esters is 1. The fourth-order valence-electron chi connectivity index (χ4n) is 1.77. The van der Waals surface area contributed by atoms with E-state index in [-0.39, 0.29) is 24.9 Å². The fraction of sp³-hybridized carbons (Fsp3) is 0.615. The smallest absolute Gasteiger partial charge is 0.307 e. The summed E-state index contributed by atoms with van der Waals surface area (Å²) in [6.45, 7) is 1.71. The molecule has 0 saturated heterocycles. The number of rotatable bonds is 9. The summed E-state index contributed by atoms with van der Waals surface area (Å²) in [5.41, 5.74) is 0. The lowest BCUT2D eigenvalue weighted by Gasteiger charge is -2.22. The molecule has 0 N–H and O–H groups in total. The van der Waals surface area contributed by atoms with Gasteiger partial charge in [-0.2, -0.15) is 0 Å². The number of carbonyl (C=O) groups excluding carboxylic acids is 2. The lowest BCUT2D eigenvalue weighted by atomic mass is 10.3. The Morgan fingerprint density at radius 3 is 2.70 bits per heavy atom. The Labute approximate surface area is 118 Å². The molecule has 0 unspecified atom stereocenters. The third-order valence-electron chi connectivity index (χ3n) is 2.84. The van der Waals surface area contributed by atoms with Gasteiger partial charge in [0.2, 0.25) is 5.91 Å². The van der Waals surface area contributed by atoms with Crippen molar-refractivity contribution in [1.29, 1.82) is 0 Å². The lowest BCUT2D eigenvalue weighted by molar-refractivity contribution is -0.142. The minimum atomic E-state index is -0.324. The number of carbonyl (C=O) groups is 2. The second kappa shape index (κ2) is 9.08. The van der Waals surface area contributed by atoms with Gasteiger partial charge in [-0.15, -0.1) is 0 Å². The van der Waals surface area contributed by atoms with Crippen molar-refractivity contribution in [2.45, 2.75) is 19.4 Å². The van der Waals surface area contributed by atoms with Gasteiger partial charge in [0.15, 0.2) is 0 Å². The number of aromatic nitrogens is 2. The second-order valence-electron chi connectivity index (χ2n) is 4.29. The summed E-state index contributed by atoms with van der Waals surface area (Å²) in [7, 11) is 2.81. The maximum Gasteiger partial charge on any atom is 0.307 e. The van der Waals surface area contributed by atoms with Gasteiger partial charge in [0.05, 0.1) is 19.9 Å². The summed E-state index contributed by atoms with van der Waals surface area (Å²) in [6.07, 6.45) is 6.29. The van der Waals surface area contributed by atoms with Crippen LogP contribution < -0.4 is 0 Å². The van der Waals surface area contributed by atoms with Crippen LogP contribution in [-0.2, 0) is 25.6 Å². The van der Waals surface area contributed by atoms with Crippen LogP contribution in [0, 0.1) is 0 Å². The molecule has 0 aliphatic heterocycles. The minimum absolute atomic E-state index is 0.0201. The predicted octanol–water partition coefficient (Wildman–Crippen LogP) is 0.311. The van der Waals surface area contributed by atoms with E-state index in [0.29, 0.717) is 13.1 Å². The zero-order valence-electron chi connectivity index (χ0n) is 11.9. The first-order valence-corrected chi connectivity index (χ1v) is 6.46. The molecule has 0 atom stereocenters. The molecular weight excluding hydrogens is 262 g/mol. The van der Waals surface area contributed by atoms with Gasteiger partial charge in [-0.25, -0.2) is 4.98 Å². The normalized spacial score (nSPS) is 10.3. The molecule has 112 valence electrons. The SMILES string of the molecule is COCC(=O)N(CCCn1ccnc1)CCC(=O)OC. The molecule has 0 aliphatic carbocycles. The molecular formula is C13H21N3O4. The largest absolute Gasteiger partial charge is 0.469 e. The van der Waals surface area contributed by atoms with Crippen LogP contribution in [0.5, 0.6) is 0 Å². The maximum atomic E-state index is 11.9. The zero-order valence-corrected chi connectivity index (χ0v) is 11.9. The van der Waals surface area contributed by atoms with Gasteiger partial charge in [0, 0.05) is 39.1 Å². The number of hydrogen-bond donors (Lipinski definition) is 0. The highest BCUT2D eigenvalue weighted by molar-refractivity contribution is 5.78. The second-order valence-corrected chi connectivity index (χ2v) is 4.29. The molecule has 1 amide bonds. The van der Waals surface area contributed by atoms with E-state index in [4.69, 9.17) is 4.74 Å². The summed E-state index contributed by atoms with van der Waals surface area (Å²) < 4.78 is 11.4. The van der Waals surface area contributed by atoms with Crippen LogP contribution in [0.4, 0.5) is 0 Å². The van der Waals surface area contributed by atoms with Crippen molar-refractivity contribution in [3.63, 3.8) is 0 Å². The van der Waals surface area contributed by atoms with Crippen molar-refractivity contribution in [2.24, 2.45) is 0 Å². The van der Waals surface area contributed by atoms with E-state index >= 15 is 0 Å². The number of nitrogens with zero attached hydrogens (tertiary/aromatic N) is 3. The van der Waals surface area contributed by atoms with Crippen molar-refractivity contribution in [3.05, 3.63) is 18.7 Å². The number of aryl methyl sites for hydroxylation is 1. The van der Waals surface area contributed by atoms with Gasteiger partial charge < -0.3 is 18.9 Å². The molecule has 1 heterocycles. The zero-order chi connectivity index (χ0) is 14.8. The first-order valence-electron chi connectivity index (χ1n) is 6.46. The lowest BCUT2D eigenvalue weighted by Crippen LogP contribution is -2.36. The highest BCUT2D eigenvalue weighted by Gasteiger charge is 2.14. The van der Waals surface area contributed by atoms with Gasteiger partial charge in [-0.1, -0.05) is 0 Å². The van der Waals surface area contributed by atoms with Crippen LogP contribution in [0.15, 0.2) is 18.7 Å². The highest BCUT2D eigenvalue weighted by Crippen LogP contribution is 2.00. The first-order chi connectivity index (χ1) is 9.67. The standard InChI is InChI=1S/C13H21N3O4/c1-19-10-12(17)16(8-4-13(18)20-2)7-3-6-15-9-5-14-11-15/h5,9,11H,3-4,6-8,10H2,1-2H3. The molecule has 0 spiro atoms. The van der Waals surface area contributed by atoms with Crippen LogP contribution in [0.1, 0.15) is 12.8 Å². The Balaban J connectivity index is 2.40. The Bertz CT molecular complexity index is 406. The van der Waals surface area contributed by atoms with Crippen LogP contribution in [0.3, 0.4) is 0 Å². The van der Waals surface area contributed by atoms with E-state index in [1.165, 1.54) is 14.2 Å². The van der Waals surface area contributed by atoms with Crippen molar-refractivity contribution in [1.82, 2.24) is 14.5 Å². The Kier molecular flexibility index (Phi) is 7.34. The van der Waals surface area contributed by atoms with Crippen LogP contribution in [0.25, 0.3) is 0 Å². The summed E-state index contributed by atoms with van der Waals surface area (Å²) in [6, 6.07) is 0. The van der Waals surface area contributed by atoms with Gasteiger partial charge in [0.1, 0.15) is 6.61 Å². The van der Waals surface area contributed by atoms with E-state index in [9.17, 15) is 9.59 Å². The molecule has 0 aromatic carbocycles. The van der Waals surface area contributed by atoms with Crippen molar-refractivity contribution < 1.29 is 19.1 Å². The summed E-state index contributed by atoms with van der Waals surface area (Å²) in [5, 5.41) is 0. The Morgan fingerprint density at radius 1 is 1.30 bits per heavy atom. The average molecular weight is 283 g/mol. The topological polar surface area (TPSA) is 73.7 Å². The molecule has 7 heteroatoms. The van der Waals surface area contributed by atoms with Gasteiger partial charge in [-0.3, -0.25) is 9.59 Å². The third-order valence-corrected chi connectivity index (χ3v) is 2.84.